The van der Waals surface area contributed by atoms with E-state index >= 15 is 0 Å². The molecule has 1 heterocycles. The lowest BCUT2D eigenvalue weighted by atomic mass is 10.2. The van der Waals surface area contributed by atoms with E-state index in [1.807, 2.05) is 0 Å². The van der Waals surface area contributed by atoms with Crippen molar-refractivity contribution >= 4 is 40.4 Å². The molecule has 0 radical (unpaired) electrons. The lowest BCUT2D eigenvalue weighted by Crippen LogP contribution is -2.42. The maximum Gasteiger partial charge on any atom is 0.327 e. The van der Waals surface area contributed by atoms with Gasteiger partial charge in [-0.15, -0.1) is 0 Å². The second kappa shape index (κ2) is 5.86. The van der Waals surface area contributed by atoms with E-state index in [1.165, 1.54) is 12.4 Å². The van der Waals surface area contributed by atoms with Crippen LogP contribution in [-0.4, -0.2) is 33.8 Å². The van der Waals surface area contributed by atoms with Gasteiger partial charge in [0.1, 0.15) is 6.04 Å². The molecule has 0 aliphatic rings. The lowest BCUT2D eigenvalue weighted by molar-refractivity contribution is -0.138. The van der Waals surface area contributed by atoms with E-state index in [1.54, 1.807) is 6.07 Å². The lowest BCUT2D eigenvalue weighted by Gasteiger charge is -2.11. The molecule has 1 atom stereocenters. The molecular weight excluding hydrogens is 296 g/mol. The summed E-state index contributed by atoms with van der Waals surface area (Å²) in [4.78, 5) is 26.1. The van der Waals surface area contributed by atoms with E-state index in [9.17, 15) is 9.59 Å². The number of thiol groups is 1. The Morgan fingerprint density at radius 1 is 1.56 bits per heavy atom. The van der Waals surface area contributed by atoms with Crippen molar-refractivity contribution < 1.29 is 14.7 Å². The quantitative estimate of drug-likeness (QED) is 0.724. The van der Waals surface area contributed by atoms with Crippen LogP contribution in [0.15, 0.2) is 22.9 Å². The highest BCUT2D eigenvalue weighted by molar-refractivity contribution is 9.10. The summed E-state index contributed by atoms with van der Waals surface area (Å²) in [5.74, 6) is -1.58. The van der Waals surface area contributed by atoms with Crippen LogP contribution < -0.4 is 5.32 Å². The van der Waals surface area contributed by atoms with Crippen LogP contribution in [0.3, 0.4) is 0 Å². The van der Waals surface area contributed by atoms with Crippen LogP contribution in [-0.2, 0) is 4.79 Å². The van der Waals surface area contributed by atoms with Gasteiger partial charge in [-0.2, -0.15) is 12.6 Å². The molecule has 1 aromatic heterocycles. The summed E-state index contributed by atoms with van der Waals surface area (Å²) in [5, 5.41) is 11.1. The van der Waals surface area contributed by atoms with Gasteiger partial charge in [0, 0.05) is 22.6 Å². The Labute approximate surface area is 106 Å². The zero-order valence-electron chi connectivity index (χ0n) is 8.05. The van der Waals surface area contributed by atoms with Crippen molar-refractivity contribution in [2.75, 3.05) is 5.75 Å². The third-order valence-electron chi connectivity index (χ3n) is 1.75. The molecule has 7 heteroatoms. The summed E-state index contributed by atoms with van der Waals surface area (Å²) >= 11 is 7.01. The van der Waals surface area contributed by atoms with Crippen LogP contribution in [0.5, 0.6) is 0 Å². The number of carbonyl (C=O) groups is 2. The molecule has 0 spiro atoms. The highest BCUT2D eigenvalue weighted by Crippen LogP contribution is 2.09. The molecule has 0 bridgehead atoms. The van der Waals surface area contributed by atoms with E-state index in [4.69, 9.17) is 5.11 Å². The second-order valence-corrected chi connectivity index (χ2v) is 4.22. The fourth-order valence-corrected chi connectivity index (χ4v) is 1.58. The van der Waals surface area contributed by atoms with Gasteiger partial charge in [0.05, 0.1) is 5.56 Å². The Morgan fingerprint density at radius 3 is 2.75 bits per heavy atom. The van der Waals surface area contributed by atoms with Crippen molar-refractivity contribution in [1.29, 1.82) is 0 Å². The van der Waals surface area contributed by atoms with E-state index in [2.05, 4.69) is 38.9 Å². The van der Waals surface area contributed by atoms with Crippen LogP contribution >= 0.6 is 28.6 Å². The molecule has 1 amide bonds. The summed E-state index contributed by atoms with van der Waals surface area (Å²) in [6.45, 7) is 0. The number of nitrogens with one attached hydrogen (secondary N) is 1. The number of aromatic nitrogens is 1. The van der Waals surface area contributed by atoms with Crippen molar-refractivity contribution in [3.05, 3.63) is 28.5 Å². The average molecular weight is 305 g/mol. The number of hydrogen-bond acceptors (Lipinski definition) is 4. The van der Waals surface area contributed by atoms with Gasteiger partial charge in [-0.1, -0.05) is 0 Å². The third kappa shape index (κ3) is 3.49. The first-order valence-electron chi connectivity index (χ1n) is 4.29. The summed E-state index contributed by atoms with van der Waals surface area (Å²) in [6.07, 6.45) is 2.89. The topological polar surface area (TPSA) is 79.3 Å². The van der Waals surface area contributed by atoms with Gasteiger partial charge in [0.25, 0.3) is 5.91 Å². The number of pyridine rings is 1. The van der Waals surface area contributed by atoms with E-state index in [-0.39, 0.29) is 5.75 Å². The molecule has 2 N–H and O–H groups in total. The van der Waals surface area contributed by atoms with Crippen LogP contribution in [0.4, 0.5) is 0 Å². The number of carbonyl (C=O) groups excluding carboxylic acids is 1. The molecule has 5 nitrogen and oxygen atoms in total. The van der Waals surface area contributed by atoms with E-state index in [0.29, 0.717) is 10.0 Å². The first kappa shape index (κ1) is 13.0. The fraction of sp³-hybridized carbons (Fsp3) is 0.222. The minimum absolute atomic E-state index is 0.0303. The van der Waals surface area contributed by atoms with E-state index < -0.39 is 17.9 Å². The summed E-state index contributed by atoms with van der Waals surface area (Å²) in [5.41, 5.74) is 0.294. The molecule has 16 heavy (non-hydrogen) atoms. The van der Waals surface area contributed by atoms with Crippen LogP contribution in [0.2, 0.25) is 0 Å². The number of carboxylic acid groups (broad SMARTS) is 1. The van der Waals surface area contributed by atoms with Crippen LogP contribution in [0.1, 0.15) is 10.4 Å². The van der Waals surface area contributed by atoms with Gasteiger partial charge in [-0.05, 0) is 22.0 Å². The van der Waals surface area contributed by atoms with Gasteiger partial charge < -0.3 is 10.4 Å². The van der Waals surface area contributed by atoms with Crippen molar-refractivity contribution in [3.63, 3.8) is 0 Å². The summed E-state index contributed by atoms with van der Waals surface area (Å²) in [6, 6.07) is 0.551. The zero-order chi connectivity index (χ0) is 12.1. The molecule has 0 aliphatic heterocycles. The van der Waals surface area contributed by atoms with Crippen LogP contribution in [0.25, 0.3) is 0 Å². The Kier molecular flexibility index (Phi) is 4.75. The molecule has 86 valence electrons. The van der Waals surface area contributed by atoms with Gasteiger partial charge in [-0.3, -0.25) is 9.78 Å². The zero-order valence-corrected chi connectivity index (χ0v) is 10.5. The Hall–Kier alpha value is -1.08. The molecule has 0 fully saturated rings. The number of amides is 1. The number of rotatable bonds is 4. The standard InChI is InChI=1S/C9H9BrN2O3S/c10-6-1-5(2-11-3-6)8(13)12-7(4-16)9(14)15/h1-3,7,16H,4H2,(H,12,13)(H,14,15)/t7-/m1/s1. The predicted molar refractivity (Wildman–Crippen MR) is 64.7 cm³/mol. The van der Waals surface area contributed by atoms with Gasteiger partial charge in [0.15, 0.2) is 0 Å². The highest BCUT2D eigenvalue weighted by Gasteiger charge is 2.18. The molecule has 0 unspecified atom stereocenters. The minimum Gasteiger partial charge on any atom is -0.480 e. The van der Waals surface area contributed by atoms with Gasteiger partial charge in [-0.25, -0.2) is 4.79 Å². The Bertz CT molecular complexity index is 413. The SMILES string of the molecule is O=C(N[C@H](CS)C(=O)O)c1cncc(Br)c1. The van der Waals surface area contributed by atoms with Crippen molar-refractivity contribution in [1.82, 2.24) is 10.3 Å². The monoisotopic (exact) mass is 304 g/mol. The molecule has 0 saturated carbocycles. The summed E-state index contributed by atoms with van der Waals surface area (Å²) in [7, 11) is 0. The highest BCUT2D eigenvalue weighted by atomic mass is 79.9. The smallest absolute Gasteiger partial charge is 0.327 e. The number of nitrogens with zero attached hydrogens (tertiary/aromatic N) is 1. The predicted octanol–water partition coefficient (Wildman–Crippen LogP) is 0.957. The van der Waals surface area contributed by atoms with Gasteiger partial charge in [0.2, 0.25) is 0 Å². The van der Waals surface area contributed by atoms with Crippen molar-refractivity contribution in [2.45, 2.75) is 6.04 Å². The molecule has 1 aromatic rings. The molecule has 1 rings (SSSR count). The summed E-state index contributed by atoms with van der Waals surface area (Å²) < 4.78 is 0.651. The largest absolute Gasteiger partial charge is 0.480 e. The Morgan fingerprint density at radius 2 is 2.25 bits per heavy atom. The fourth-order valence-electron chi connectivity index (χ4n) is 0.963. The third-order valence-corrected chi connectivity index (χ3v) is 2.55. The average Bonchev–Trinajstić information content (AvgIpc) is 2.25. The Balaban J connectivity index is 2.75. The number of aliphatic carboxylic acids is 1. The molecule has 0 saturated heterocycles. The minimum atomic E-state index is -1.12. The molecule has 0 aliphatic carbocycles. The van der Waals surface area contributed by atoms with E-state index in [0.717, 1.165) is 0 Å². The maximum atomic E-state index is 11.6. The molecule has 0 aromatic carbocycles. The first-order chi connectivity index (χ1) is 7.54. The second-order valence-electron chi connectivity index (χ2n) is 2.94. The maximum absolute atomic E-state index is 11.6. The number of halogens is 1. The molecular formula is C9H9BrN2O3S. The normalized spacial score (nSPS) is 11.9. The first-order valence-corrected chi connectivity index (χ1v) is 5.72. The van der Waals surface area contributed by atoms with Crippen LogP contribution in [0, 0.1) is 0 Å². The number of carboxylic acids is 1. The number of hydrogen-bond donors (Lipinski definition) is 3. The van der Waals surface area contributed by atoms with Gasteiger partial charge >= 0.3 is 5.97 Å². The van der Waals surface area contributed by atoms with Crippen molar-refractivity contribution in [2.24, 2.45) is 0 Å². The van der Waals surface area contributed by atoms with Crippen molar-refractivity contribution in [3.8, 4) is 0 Å².